The van der Waals surface area contributed by atoms with Crippen LogP contribution in [0.5, 0.6) is 0 Å². The topological polar surface area (TPSA) is 62.6 Å². The molecule has 1 aromatic carbocycles. The molecule has 0 fully saturated rings. The highest BCUT2D eigenvalue weighted by Crippen LogP contribution is 2.20. The molecule has 0 aliphatic heterocycles. The van der Waals surface area contributed by atoms with Crippen LogP contribution in [0.3, 0.4) is 0 Å². The van der Waals surface area contributed by atoms with Crippen LogP contribution in [0.15, 0.2) is 45.9 Å². The summed E-state index contributed by atoms with van der Waals surface area (Å²) in [7, 11) is -0.566. The Kier molecular flexibility index (Phi) is 4.76. The van der Waals surface area contributed by atoms with Crippen LogP contribution in [-0.4, -0.2) is 26.8 Å². The predicted octanol–water partition coefficient (Wildman–Crippen LogP) is 1.96. The Bertz CT molecular complexity index is 699. The molecule has 0 amide bonds. The number of halogens is 1. The van der Waals surface area contributed by atoms with Gasteiger partial charge in [-0.2, -0.15) is 4.31 Å². The quantitative estimate of drug-likeness (QED) is 0.886. The highest BCUT2D eigenvalue weighted by Gasteiger charge is 2.22. The molecule has 1 aromatic heterocycles. The van der Waals surface area contributed by atoms with E-state index >= 15 is 0 Å². The molecule has 21 heavy (non-hydrogen) atoms. The molecule has 7 heteroatoms. The smallest absolute Gasteiger partial charge is 0.243 e. The van der Waals surface area contributed by atoms with Gasteiger partial charge in [0.2, 0.25) is 10.0 Å². The zero-order valence-corrected chi connectivity index (χ0v) is 12.7. The zero-order valence-electron chi connectivity index (χ0n) is 11.8. The predicted molar refractivity (Wildman–Crippen MR) is 76.5 cm³/mol. The van der Waals surface area contributed by atoms with Crippen LogP contribution in [0.1, 0.15) is 11.3 Å². The monoisotopic (exact) mass is 312 g/mol. The Morgan fingerprint density at radius 3 is 2.71 bits per heavy atom. The molecule has 0 saturated heterocycles. The summed E-state index contributed by atoms with van der Waals surface area (Å²) in [5.74, 6) is 0.107. The van der Waals surface area contributed by atoms with Crippen molar-refractivity contribution < 1.29 is 17.2 Å². The van der Waals surface area contributed by atoms with Gasteiger partial charge in [-0.05, 0) is 37.4 Å². The van der Waals surface area contributed by atoms with Gasteiger partial charge >= 0.3 is 0 Å². The fourth-order valence-corrected chi connectivity index (χ4v) is 3.11. The van der Waals surface area contributed by atoms with E-state index in [9.17, 15) is 12.8 Å². The Balaban J connectivity index is 2.28. The highest BCUT2D eigenvalue weighted by atomic mass is 32.2. The Labute approximate surface area is 123 Å². The second-order valence-electron chi connectivity index (χ2n) is 4.62. The van der Waals surface area contributed by atoms with Crippen LogP contribution in [0.2, 0.25) is 0 Å². The molecule has 5 nitrogen and oxygen atoms in total. The van der Waals surface area contributed by atoms with Gasteiger partial charge in [-0.1, -0.05) is 0 Å². The van der Waals surface area contributed by atoms with E-state index in [4.69, 9.17) is 4.42 Å². The van der Waals surface area contributed by atoms with Crippen molar-refractivity contribution in [1.82, 2.24) is 9.62 Å². The summed E-state index contributed by atoms with van der Waals surface area (Å²) < 4.78 is 44.8. The van der Waals surface area contributed by atoms with Gasteiger partial charge < -0.3 is 9.73 Å². The van der Waals surface area contributed by atoms with Gasteiger partial charge in [0, 0.05) is 19.2 Å². The van der Waals surface area contributed by atoms with E-state index < -0.39 is 15.8 Å². The van der Waals surface area contributed by atoms with Crippen molar-refractivity contribution in [3.63, 3.8) is 0 Å². The number of sulfonamides is 1. The molecule has 0 aliphatic carbocycles. The Morgan fingerprint density at radius 1 is 1.33 bits per heavy atom. The van der Waals surface area contributed by atoms with E-state index in [-0.39, 0.29) is 18.0 Å². The molecule has 2 aromatic rings. The standard InChI is InChI=1S/C14H17FN2O3S/c1-16-9-11-8-13(5-6-14(11)15)21(18,19)17(2)10-12-4-3-7-20-12/h3-8,16H,9-10H2,1-2H3. The van der Waals surface area contributed by atoms with Gasteiger partial charge in [0.05, 0.1) is 17.7 Å². The van der Waals surface area contributed by atoms with Crippen molar-refractivity contribution in [1.29, 1.82) is 0 Å². The SMILES string of the molecule is CNCc1cc(S(=O)(=O)N(C)Cc2ccco2)ccc1F. The van der Waals surface area contributed by atoms with E-state index in [1.54, 1.807) is 19.2 Å². The molecule has 0 saturated carbocycles. The van der Waals surface area contributed by atoms with Gasteiger partial charge in [0.25, 0.3) is 0 Å². The first-order valence-corrected chi connectivity index (χ1v) is 7.81. The second-order valence-corrected chi connectivity index (χ2v) is 6.67. The van der Waals surface area contributed by atoms with Gasteiger partial charge in [0.1, 0.15) is 11.6 Å². The number of furan rings is 1. The van der Waals surface area contributed by atoms with Crippen LogP contribution in [-0.2, 0) is 23.1 Å². The lowest BCUT2D eigenvalue weighted by Crippen LogP contribution is -2.26. The first-order valence-electron chi connectivity index (χ1n) is 6.37. The average molecular weight is 312 g/mol. The minimum atomic E-state index is -3.69. The third-order valence-electron chi connectivity index (χ3n) is 3.05. The van der Waals surface area contributed by atoms with Crippen LogP contribution >= 0.6 is 0 Å². The summed E-state index contributed by atoms with van der Waals surface area (Å²) >= 11 is 0. The summed E-state index contributed by atoms with van der Waals surface area (Å²) in [5, 5.41) is 2.81. The maximum Gasteiger partial charge on any atom is 0.243 e. The summed E-state index contributed by atoms with van der Waals surface area (Å²) in [4.78, 5) is 0.0585. The Hall–Kier alpha value is -1.70. The van der Waals surface area contributed by atoms with E-state index in [0.29, 0.717) is 11.3 Å². The number of nitrogens with one attached hydrogen (secondary N) is 1. The van der Waals surface area contributed by atoms with Crippen molar-refractivity contribution in [2.45, 2.75) is 18.0 Å². The molecular formula is C14H17FN2O3S. The first kappa shape index (κ1) is 15.7. The molecule has 0 radical (unpaired) electrons. The lowest BCUT2D eigenvalue weighted by Gasteiger charge is -2.16. The molecule has 0 spiro atoms. The lowest BCUT2D eigenvalue weighted by atomic mass is 10.2. The van der Waals surface area contributed by atoms with Crippen LogP contribution in [0.25, 0.3) is 0 Å². The summed E-state index contributed by atoms with van der Waals surface area (Å²) in [6, 6.07) is 7.17. The van der Waals surface area contributed by atoms with E-state index in [2.05, 4.69) is 5.32 Å². The summed E-state index contributed by atoms with van der Waals surface area (Å²) in [6.07, 6.45) is 1.48. The maximum absolute atomic E-state index is 13.6. The average Bonchev–Trinajstić information content (AvgIpc) is 2.94. The molecule has 0 atom stereocenters. The molecular weight excluding hydrogens is 295 g/mol. The van der Waals surface area contributed by atoms with Crippen LogP contribution in [0.4, 0.5) is 4.39 Å². The van der Waals surface area contributed by atoms with Crippen molar-refractivity contribution in [3.8, 4) is 0 Å². The number of benzene rings is 1. The minimum absolute atomic E-state index is 0.0585. The summed E-state index contributed by atoms with van der Waals surface area (Å²) in [5.41, 5.74) is 0.310. The van der Waals surface area contributed by atoms with Gasteiger partial charge in [0.15, 0.2) is 0 Å². The third kappa shape index (κ3) is 3.49. The van der Waals surface area contributed by atoms with Gasteiger partial charge in [-0.25, -0.2) is 12.8 Å². The molecule has 1 heterocycles. The van der Waals surface area contributed by atoms with E-state index in [0.717, 1.165) is 0 Å². The Morgan fingerprint density at radius 2 is 2.10 bits per heavy atom. The fourth-order valence-electron chi connectivity index (χ4n) is 1.92. The number of nitrogens with zero attached hydrogens (tertiary/aromatic N) is 1. The van der Waals surface area contributed by atoms with Crippen LogP contribution in [0, 0.1) is 5.82 Å². The van der Waals surface area contributed by atoms with Gasteiger partial charge in [-0.3, -0.25) is 0 Å². The number of hydrogen-bond donors (Lipinski definition) is 1. The van der Waals surface area contributed by atoms with Gasteiger partial charge in [-0.15, -0.1) is 0 Å². The molecule has 0 unspecified atom stereocenters. The largest absolute Gasteiger partial charge is 0.468 e. The van der Waals surface area contributed by atoms with Crippen LogP contribution < -0.4 is 5.32 Å². The number of rotatable bonds is 6. The number of hydrogen-bond acceptors (Lipinski definition) is 4. The minimum Gasteiger partial charge on any atom is -0.468 e. The van der Waals surface area contributed by atoms with Crippen molar-refractivity contribution in [3.05, 3.63) is 53.7 Å². The molecule has 114 valence electrons. The van der Waals surface area contributed by atoms with E-state index in [1.807, 2.05) is 0 Å². The molecule has 0 bridgehead atoms. The highest BCUT2D eigenvalue weighted by molar-refractivity contribution is 7.89. The molecule has 1 N–H and O–H groups in total. The third-order valence-corrected chi connectivity index (χ3v) is 4.85. The fraction of sp³-hybridized carbons (Fsp3) is 0.286. The van der Waals surface area contributed by atoms with Crippen molar-refractivity contribution in [2.24, 2.45) is 0 Å². The first-order chi connectivity index (χ1) is 9.95. The van der Waals surface area contributed by atoms with Crippen molar-refractivity contribution in [2.75, 3.05) is 14.1 Å². The maximum atomic E-state index is 13.6. The second kappa shape index (κ2) is 6.38. The molecule has 2 rings (SSSR count). The van der Waals surface area contributed by atoms with E-state index in [1.165, 1.54) is 35.8 Å². The normalized spacial score (nSPS) is 12.0. The lowest BCUT2D eigenvalue weighted by molar-refractivity contribution is 0.406. The summed E-state index contributed by atoms with van der Waals surface area (Å²) in [6.45, 7) is 0.380. The molecule has 0 aliphatic rings. The zero-order chi connectivity index (χ0) is 15.5. The van der Waals surface area contributed by atoms with Crippen molar-refractivity contribution >= 4 is 10.0 Å².